The molecule has 0 spiro atoms. The van der Waals surface area contributed by atoms with Crippen LogP contribution in [0.4, 0.5) is 4.39 Å². The number of fused-ring (bicyclic) bond motifs is 1. The molecule has 0 aliphatic carbocycles. The van der Waals surface area contributed by atoms with E-state index in [2.05, 4.69) is 12.1 Å². The van der Waals surface area contributed by atoms with Crippen LogP contribution in [0.25, 0.3) is 0 Å². The first-order valence-corrected chi connectivity index (χ1v) is 15.3. The van der Waals surface area contributed by atoms with Crippen molar-refractivity contribution in [3.63, 3.8) is 0 Å². The van der Waals surface area contributed by atoms with Gasteiger partial charge in [0.15, 0.2) is 17.3 Å². The molecule has 0 aromatic heterocycles. The number of rotatable bonds is 11. The summed E-state index contributed by atoms with van der Waals surface area (Å²) in [7, 11) is 0. The molecule has 2 aliphatic heterocycles. The number of hydrogen-bond donors (Lipinski definition) is 0. The number of halogens is 1. The fourth-order valence-electron chi connectivity index (χ4n) is 6.06. The van der Waals surface area contributed by atoms with Crippen molar-refractivity contribution in [1.82, 2.24) is 4.90 Å². The monoisotopic (exact) mass is 593 g/mol. The van der Waals surface area contributed by atoms with Gasteiger partial charge in [-0.1, -0.05) is 48.5 Å². The average molecular weight is 594 g/mol. The van der Waals surface area contributed by atoms with Gasteiger partial charge in [0.05, 0.1) is 6.04 Å². The third-order valence-electron chi connectivity index (χ3n) is 8.26. The van der Waals surface area contributed by atoms with Crippen LogP contribution in [0.15, 0.2) is 97.1 Å². The molecule has 2 atom stereocenters. The Morgan fingerprint density at radius 2 is 1.48 bits per heavy atom. The summed E-state index contributed by atoms with van der Waals surface area (Å²) < 4.78 is 30.3. The van der Waals surface area contributed by atoms with Crippen LogP contribution in [0.3, 0.4) is 0 Å². The smallest absolute Gasteiger partial charge is 0.223 e. The van der Waals surface area contributed by atoms with E-state index in [4.69, 9.17) is 14.2 Å². The molecule has 1 saturated heterocycles. The van der Waals surface area contributed by atoms with Gasteiger partial charge in [0, 0.05) is 19.4 Å². The molecule has 44 heavy (non-hydrogen) atoms. The zero-order valence-corrected chi connectivity index (χ0v) is 24.6. The maximum atomic E-state index is 13.7. The predicted molar refractivity (Wildman–Crippen MR) is 166 cm³/mol. The summed E-state index contributed by atoms with van der Waals surface area (Å²) >= 11 is 0. The number of carbonyl (C=O) groups is 2. The second-order valence-electron chi connectivity index (χ2n) is 11.5. The minimum absolute atomic E-state index is 0.0273. The molecule has 0 bridgehead atoms. The molecule has 2 heterocycles. The molecular formula is C37H36FNO5. The van der Waals surface area contributed by atoms with Crippen LogP contribution in [-0.2, 0) is 28.9 Å². The van der Waals surface area contributed by atoms with Crippen molar-refractivity contribution in [2.24, 2.45) is 5.92 Å². The number of ether oxygens (including phenoxy) is 3. The number of ketones is 1. The minimum atomic E-state index is -0.444. The van der Waals surface area contributed by atoms with Crippen molar-refractivity contribution in [1.29, 1.82) is 0 Å². The number of hydrogen-bond acceptors (Lipinski definition) is 5. The van der Waals surface area contributed by atoms with E-state index >= 15 is 0 Å². The number of benzene rings is 4. The summed E-state index contributed by atoms with van der Waals surface area (Å²) in [5.74, 6) is 2.63. The van der Waals surface area contributed by atoms with Crippen molar-refractivity contribution in [2.45, 2.75) is 44.6 Å². The molecule has 6 rings (SSSR count). The first-order valence-electron chi connectivity index (χ1n) is 15.3. The third kappa shape index (κ3) is 7.46. The molecule has 2 aliphatic rings. The molecule has 0 unspecified atom stereocenters. The van der Waals surface area contributed by atoms with Gasteiger partial charge in [0.1, 0.15) is 30.5 Å². The second-order valence-corrected chi connectivity index (χ2v) is 11.5. The Morgan fingerprint density at radius 1 is 0.795 bits per heavy atom. The van der Waals surface area contributed by atoms with Crippen molar-refractivity contribution in [3.8, 4) is 23.0 Å². The Kier molecular flexibility index (Phi) is 9.20. The van der Waals surface area contributed by atoms with Crippen LogP contribution in [-0.4, -0.2) is 42.4 Å². The Morgan fingerprint density at radius 3 is 2.23 bits per heavy atom. The minimum Gasteiger partial charge on any atom is -0.486 e. The van der Waals surface area contributed by atoms with Crippen molar-refractivity contribution < 1.29 is 28.2 Å². The molecule has 0 radical (unpaired) electrons. The Hall–Kier alpha value is -4.65. The lowest BCUT2D eigenvalue weighted by atomic mass is 9.94. The highest BCUT2D eigenvalue weighted by Crippen LogP contribution is 2.32. The number of likely N-dealkylation sites (tertiary alicyclic amines) is 1. The molecule has 1 fully saturated rings. The lowest BCUT2D eigenvalue weighted by Crippen LogP contribution is -2.41. The third-order valence-corrected chi connectivity index (χ3v) is 8.26. The maximum absolute atomic E-state index is 13.7. The van der Waals surface area contributed by atoms with E-state index in [1.54, 1.807) is 24.3 Å². The van der Waals surface area contributed by atoms with Gasteiger partial charge in [0.2, 0.25) is 5.91 Å². The lowest BCUT2D eigenvalue weighted by molar-refractivity contribution is -0.137. The predicted octanol–water partition coefficient (Wildman–Crippen LogP) is 6.98. The standard InChI is InChI=1S/C37H36FNO5/c38-30-12-16-32(17-13-30)44-31-14-9-28(10-15-31)23-34(40)33-22-29(21-26-5-2-1-3-6-26)25-39(33)37(41)8-4-7-27-11-18-35-36(24-27)43-20-19-42-35/h1-3,5-6,9-18,24,29,33H,4,7-8,19-23,25H2/t29-,33+/m1/s1. The van der Waals surface area contributed by atoms with Gasteiger partial charge in [-0.05, 0) is 96.8 Å². The van der Waals surface area contributed by atoms with E-state index in [-0.39, 0.29) is 29.8 Å². The van der Waals surface area contributed by atoms with Gasteiger partial charge in [-0.25, -0.2) is 4.39 Å². The normalized spacial score (nSPS) is 17.3. The summed E-state index contributed by atoms with van der Waals surface area (Å²) in [6.07, 6.45) is 3.55. The van der Waals surface area contributed by atoms with Crippen LogP contribution in [0.1, 0.15) is 36.0 Å². The summed E-state index contributed by atoms with van der Waals surface area (Å²) in [5.41, 5.74) is 3.18. The van der Waals surface area contributed by atoms with Gasteiger partial charge < -0.3 is 19.1 Å². The molecule has 0 saturated carbocycles. The first kappa shape index (κ1) is 29.4. The van der Waals surface area contributed by atoms with E-state index in [1.165, 1.54) is 17.7 Å². The number of Topliss-reactive ketones (excluding diaryl/α,β-unsaturated/α-hetero) is 1. The highest BCUT2D eigenvalue weighted by molar-refractivity contribution is 5.91. The highest BCUT2D eigenvalue weighted by Gasteiger charge is 2.38. The fraction of sp³-hybridized carbons (Fsp3) is 0.297. The van der Waals surface area contributed by atoms with Crippen LogP contribution >= 0.6 is 0 Å². The molecule has 4 aromatic rings. The van der Waals surface area contributed by atoms with E-state index in [9.17, 15) is 14.0 Å². The number of nitrogens with zero attached hydrogens (tertiary/aromatic N) is 1. The van der Waals surface area contributed by atoms with Crippen molar-refractivity contribution in [2.75, 3.05) is 19.8 Å². The quantitative estimate of drug-likeness (QED) is 0.188. The first-order chi connectivity index (χ1) is 21.5. The topological polar surface area (TPSA) is 65.1 Å². The second kappa shape index (κ2) is 13.8. The van der Waals surface area contributed by atoms with Gasteiger partial charge >= 0.3 is 0 Å². The SMILES string of the molecule is O=C(Cc1ccc(Oc2ccc(F)cc2)cc1)[C@@H]1C[C@@H](Cc2ccccc2)CN1C(=O)CCCc1ccc2c(c1)OCCO2. The van der Waals surface area contributed by atoms with Crippen molar-refractivity contribution in [3.05, 3.63) is 120 Å². The summed E-state index contributed by atoms with van der Waals surface area (Å²) in [6.45, 7) is 1.68. The van der Waals surface area contributed by atoms with Gasteiger partial charge in [0.25, 0.3) is 0 Å². The average Bonchev–Trinajstić information content (AvgIpc) is 3.47. The van der Waals surface area contributed by atoms with Crippen LogP contribution in [0, 0.1) is 11.7 Å². The van der Waals surface area contributed by atoms with E-state index < -0.39 is 6.04 Å². The van der Waals surface area contributed by atoms with E-state index in [0.717, 1.165) is 35.5 Å². The molecule has 0 N–H and O–H groups in total. The zero-order chi connectivity index (χ0) is 30.3. The van der Waals surface area contributed by atoms with E-state index in [1.807, 2.05) is 53.4 Å². The number of carbonyl (C=O) groups excluding carboxylic acids is 2. The van der Waals surface area contributed by atoms with E-state index in [0.29, 0.717) is 50.5 Å². The number of amides is 1. The molecule has 1 amide bonds. The Bertz CT molecular complexity index is 1570. The maximum Gasteiger partial charge on any atom is 0.223 e. The molecule has 226 valence electrons. The zero-order valence-electron chi connectivity index (χ0n) is 24.6. The number of aryl methyl sites for hydroxylation is 1. The highest BCUT2D eigenvalue weighted by atomic mass is 19.1. The summed E-state index contributed by atoms with van der Waals surface area (Å²) in [6, 6.07) is 28.9. The van der Waals surface area contributed by atoms with Crippen LogP contribution < -0.4 is 14.2 Å². The summed E-state index contributed by atoms with van der Waals surface area (Å²) in [4.78, 5) is 29.1. The molecule has 4 aromatic carbocycles. The van der Waals surface area contributed by atoms with Crippen LogP contribution in [0.2, 0.25) is 0 Å². The largest absolute Gasteiger partial charge is 0.486 e. The van der Waals surface area contributed by atoms with Crippen LogP contribution in [0.5, 0.6) is 23.0 Å². The van der Waals surface area contributed by atoms with Gasteiger partial charge in [-0.15, -0.1) is 0 Å². The van der Waals surface area contributed by atoms with Gasteiger partial charge in [-0.3, -0.25) is 9.59 Å². The Balaban J connectivity index is 1.09. The molecular weight excluding hydrogens is 557 g/mol. The van der Waals surface area contributed by atoms with Crippen molar-refractivity contribution >= 4 is 11.7 Å². The molecule has 6 nitrogen and oxygen atoms in total. The Labute approximate surface area is 257 Å². The fourth-order valence-corrected chi connectivity index (χ4v) is 6.06. The van der Waals surface area contributed by atoms with Gasteiger partial charge in [-0.2, -0.15) is 0 Å². The molecule has 7 heteroatoms. The lowest BCUT2D eigenvalue weighted by Gasteiger charge is -2.24. The summed E-state index contributed by atoms with van der Waals surface area (Å²) in [5, 5.41) is 0.